The minimum atomic E-state index is 0.0140. The van der Waals surface area contributed by atoms with Crippen molar-refractivity contribution in [2.45, 2.75) is 38.1 Å². The van der Waals surface area contributed by atoms with Crippen molar-refractivity contribution < 1.29 is 9.53 Å². The van der Waals surface area contributed by atoms with E-state index in [0.717, 1.165) is 36.1 Å². The van der Waals surface area contributed by atoms with Crippen LogP contribution in [0.3, 0.4) is 0 Å². The minimum Gasteiger partial charge on any atom is -0.493 e. The number of carbonyl (C=O) groups excluding carboxylic acids is 1. The fourth-order valence-corrected chi connectivity index (χ4v) is 3.61. The van der Waals surface area contributed by atoms with Crippen LogP contribution in [-0.2, 0) is 12.8 Å². The molecule has 0 aromatic heterocycles. The van der Waals surface area contributed by atoms with E-state index in [1.807, 2.05) is 30.3 Å². The molecule has 1 aliphatic heterocycles. The molecule has 1 atom stereocenters. The van der Waals surface area contributed by atoms with E-state index in [9.17, 15) is 4.79 Å². The van der Waals surface area contributed by atoms with Gasteiger partial charge in [0.25, 0.3) is 5.91 Å². The molecule has 0 fully saturated rings. The maximum atomic E-state index is 12.7. The van der Waals surface area contributed by atoms with Gasteiger partial charge in [-0.05, 0) is 55.0 Å². The molecule has 0 unspecified atom stereocenters. The lowest BCUT2D eigenvalue weighted by Crippen LogP contribution is -2.32. The molecule has 3 heteroatoms. The number of ether oxygens (including phenoxy) is 1. The Morgan fingerprint density at radius 1 is 1.04 bits per heavy atom. The first-order valence-electron chi connectivity index (χ1n) is 8.46. The van der Waals surface area contributed by atoms with Crippen LogP contribution in [0.2, 0.25) is 0 Å². The number of benzene rings is 2. The molecule has 118 valence electrons. The van der Waals surface area contributed by atoms with Crippen LogP contribution in [0, 0.1) is 0 Å². The average Bonchev–Trinajstić information content (AvgIpc) is 2.61. The number of carbonyl (C=O) groups is 1. The fraction of sp³-hybridized carbons (Fsp3) is 0.350. The Morgan fingerprint density at radius 3 is 2.78 bits per heavy atom. The van der Waals surface area contributed by atoms with Crippen LogP contribution in [0.1, 0.15) is 52.4 Å². The van der Waals surface area contributed by atoms with Gasteiger partial charge in [-0.3, -0.25) is 4.79 Å². The third-order valence-corrected chi connectivity index (χ3v) is 4.87. The second-order valence-electron chi connectivity index (χ2n) is 6.39. The number of aryl methyl sites for hydroxylation is 2. The third kappa shape index (κ3) is 2.83. The van der Waals surface area contributed by atoms with Crippen molar-refractivity contribution in [3.63, 3.8) is 0 Å². The molecule has 0 saturated heterocycles. The largest absolute Gasteiger partial charge is 0.493 e. The average molecular weight is 307 g/mol. The highest BCUT2D eigenvalue weighted by Crippen LogP contribution is 2.32. The Labute approximate surface area is 136 Å². The Hall–Kier alpha value is -2.29. The van der Waals surface area contributed by atoms with Crippen LogP contribution in [0.15, 0.2) is 42.5 Å². The highest BCUT2D eigenvalue weighted by Gasteiger charge is 2.23. The van der Waals surface area contributed by atoms with Gasteiger partial charge < -0.3 is 10.1 Å². The molecule has 4 rings (SSSR count). The summed E-state index contributed by atoms with van der Waals surface area (Å²) in [6.45, 7) is 0.645. The second-order valence-corrected chi connectivity index (χ2v) is 6.39. The van der Waals surface area contributed by atoms with Crippen LogP contribution in [0.5, 0.6) is 5.75 Å². The Kier molecular flexibility index (Phi) is 3.78. The Balaban J connectivity index is 1.55. The zero-order chi connectivity index (χ0) is 15.6. The number of nitrogens with one attached hydrogen (secondary N) is 1. The second kappa shape index (κ2) is 6.07. The van der Waals surface area contributed by atoms with Gasteiger partial charge in [0, 0.05) is 17.5 Å². The maximum absolute atomic E-state index is 12.7. The molecule has 1 heterocycles. The van der Waals surface area contributed by atoms with Crippen molar-refractivity contribution in [3.05, 3.63) is 64.7 Å². The van der Waals surface area contributed by atoms with Crippen molar-refractivity contribution in [2.24, 2.45) is 0 Å². The predicted molar refractivity (Wildman–Crippen MR) is 89.8 cm³/mol. The van der Waals surface area contributed by atoms with Crippen molar-refractivity contribution in [1.29, 1.82) is 0 Å². The minimum absolute atomic E-state index is 0.0140. The summed E-state index contributed by atoms with van der Waals surface area (Å²) < 4.78 is 5.66. The fourth-order valence-electron chi connectivity index (χ4n) is 3.61. The topological polar surface area (TPSA) is 38.3 Å². The molecule has 0 spiro atoms. The number of hydrogen-bond acceptors (Lipinski definition) is 2. The van der Waals surface area contributed by atoms with Gasteiger partial charge in [-0.25, -0.2) is 0 Å². The molecule has 2 aromatic carbocycles. The normalized spacial score (nSPS) is 19.2. The van der Waals surface area contributed by atoms with Gasteiger partial charge >= 0.3 is 0 Å². The van der Waals surface area contributed by atoms with Crippen molar-refractivity contribution in [1.82, 2.24) is 5.32 Å². The monoisotopic (exact) mass is 307 g/mol. The summed E-state index contributed by atoms with van der Waals surface area (Å²) in [6, 6.07) is 14.2. The van der Waals surface area contributed by atoms with Crippen LogP contribution >= 0.6 is 0 Å². The summed E-state index contributed by atoms with van der Waals surface area (Å²) in [5.74, 6) is 0.898. The lowest BCUT2D eigenvalue weighted by molar-refractivity contribution is 0.0924. The van der Waals surface area contributed by atoms with E-state index in [2.05, 4.69) is 17.4 Å². The van der Waals surface area contributed by atoms with E-state index in [1.165, 1.54) is 24.0 Å². The molecule has 23 heavy (non-hydrogen) atoms. The van der Waals surface area contributed by atoms with E-state index < -0.39 is 0 Å². The first kappa shape index (κ1) is 14.3. The standard InChI is InChI=1S/C20H21NO2/c22-20(16-10-9-14-5-1-2-6-15(14)13-16)21-18-11-12-23-19-8-4-3-7-17(18)19/h3-4,7-10,13,18H,1-2,5-6,11-12H2,(H,21,22)/t18-/m0/s1. The first-order valence-corrected chi connectivity index (χ1v) is 8.46. The molecule has 0 radical (unpaired) electrons. The number of fused-ring (bicyclic) bond motifs is 2. The molecule has 1 amide bonds. The van der Waals surface area contributed by atoms with Crippen LogP contribution < -0.4 is 10.1 Å². The summed E-state index contributed by atoms with van der Waals surface area (Å²) in [7, 11) is 0. The predicted octanol–water partition coefficient (Wildman–Crippen LogP) is 3.82. The van der Waals surface area contributed by atoms with Crippen LogP contribution in [0.25, 0.3) is 0 Å². The number of hydrogen-bond donors (Lipinski definition) is 1. The maximum Gasteiger partial charge on any atom is 0.251 e. The highest BCUT2D eigenvalue weighted by atomic mass is 16.5. The lowest BCUT2D eigenvalue weighted by atomic mass is 9.90. The zero-order valence-electron chi connectivity index (χ0n) is 13.2. The van der Waals surface area contributed by atoms with Gasteiger partial charge in [0.1, 0.15) is 5.75 Å². The summed E-state index contributed by atoms with van der Waals surface area (Å²) in [6.07, 6.45) is 5.54. The molecule has 0 bridgehead atoms. The van der Waals surface area contributed by atoms with E-state index in [4.69, 9.17) is 4.74 Å². The lowest BCUT2D eigenvalue weighted by Gasteiger charge is -2.26. The first-order chi connectivity index (χ1) is 11.3. The van der Waals surface area contributed by atoms with Crippen LogP contribution in [0.4, 0.5) is 0 Å². The van der Waals surface area contributed by atoms with Gasteiger partial charge in [0.2, 0.25) is 0 Å². The van der Waals surface area contributed by atoms with E-state index in [-0.39, 0.29) is 11.9 Å². The molecule has 3 nitrogen and oxygen atoms in total. The smallest absolute Gasteiger partial charge is 0.251 e. The number of rotatable bonds is 2. The number of amides is 1. The molecule has 2 aromatic rings. The van der Waals surface area contributed by atoms with E-state index in [1.54, 1.807) is 0 Å². The molecular formula is C20H21NO2. The molecule has 1 N–H and O–H groups in total. The molecule has 1 aliphatic carbocycles. The van der Waals surface area contributed by atoms with Crippen LogP contribution in [-0.4, -0.2) is 12.5 Å². The van der Waals surface area contributed by atoms with Crippen molar-refractivity contribution in [3.8, 4) is 5.75 Å². The summed E-state index contributed by atoms with van der Waals surface area (Å²) in [4.78, 5) is 12.7. The van der Waals surface area contributed by atoms with Gasteiger partial charge in [-0.15, -0.1) is 0 Å². The van der Waals surface area contributed by atoms with E-state index >= 15 is 0 Å². The van der Waals surface area contributed by atoms with E-state index in [0.29, 0.717) is 6.61 Å². The van der Waals surface area contributed by atoms with Gasteiger partial charge in [-0.2, -0.15) is 0 Å². The summed E-state index contributed by atoms with van der Waals surface area (Å²) >= 11 is 0. The number of para-hydroxylation sites is 1. The van der Waals surface area contributed by atoms with Crippen molar-refractivity contribution in [2.75, 3.05) is 6.61 Å². The molecular weight excluding hydrogens is 286 g/mol. The summed E-state index contributed by atoms with van der Waals surface area (Å²) in [5, 5.41) is 3.18. The Morgan fingerprint density at radius 2 is 1.87 bits per heavy atom. The molecule has 2 aliphatic rings. The Bertz CT molecular complexity index is 738. The van der Waals surface area contributed by atoms with Gasteiger partial charge in [0.05, 0.1) is 12.6 Å². The van der Waals surface area contributed by atoms with Gasteiger partial charge in [0.15, 0.2) is 0 Å². The molecule has 0 saturated carbocycles. The van der Waals surface area contributed by atoms with Crippen molar-refractivity contribution >= 4 is 5.91 Å². The third-order valence-electron chi connectivity index (χ3n) is 4.87. The quantitative estimate of drug-likeness (QED) is 0.916. The SMILES string of the molecule is O=C(N[C@H]1CCOc2ccccc21)c1ccc2c(c1)CCCC2. The highest BCUT2D eigenvalue weighted by molar-refractivity contribution is 5.94. The summed E-state index contributed by atoms with van der Waals surface area (Å²) in [5.41, 5.74) is 4.60. The van der Waals surface area contributed by atoms with Gasteiger partial charge in [-0.1, -0.05) is 24.3 Å². The zero-order valence-corrected chi connectivity index (χ0v) is 13.2.